The largest absolute Gasteiger partial charge is 0.390 e. The van der Waals surface area contributed by atoms with E-state index in [1.54, 1.807) is 0 Å². The van der Waals surface area contributed by atoms with Crippen molar-refractivity contribution in [1.29, 1.82) is 0 Å². The first kappa shape index (κ1) is 5.65. The van der Waals surface area contributed by atoms with Gasteiger partial charge in [-0.25, -0.2) is 0 Å². The Kier molecular flexibility index (Phi) is 1.22. The van der Waals surface area contributed by atoms with E-state index in [9.17, 15) is 5.11 Å². The molecule has 0 aromatic rings. The molecule has 3 heteroatoms. The van der Waals surface area contributed by atoms with E-state index in [1.807, 2.05) is 0 Å². The van der Waals surface area contributed by atoms with E-state index in [4.69, 9.17) is 4.74 Å². The lowest BCUT2D eigenvalue weighted by Gasteiger charge is -2.23. The average molecular weight is 129 g/mol. The number of piperidine rings is 1. The van der Waals surface area contributed by atoms with Crippen LogP contribution in [0.3, 0.4) is 0 Å². The van der Waals surface area contributed by atoms with E-state index in [1.165, 1.54) is 0 Å². The van der Waals surface area contributed by atoms with Crippen molar-refractivity contribution in [3.63, 3.8) is 0 Å². The van der Waals surface area contributed by atoms with Crippen molar-refractivity contribution in [3.05, 3.63) is 0 Å². The topological polar surface area (TPSA) is 41.5 Å². The number of ether oxygens (including phenoxy) is 1. The Morgan fingerprint density at radius 2 is 2.33 bits per heavy atom. The molecule has 9 heavy (non-hydrogen) atoms. The molecule has 2 fully saturated rings. The minimum Gasteiger partial charge on any atom is -0.390 e. The maximum Gasteiger partial charge on any atom is 0.0962 e. The van der Waals surface area contributed by atoms with Crippen LogP contribution in [0.5, 0.6) is 0 Å². The molecule has 0 unspecified atom stereocenters. The molecular weight excluding hydrogens is 118 g/mol. The quantitative estimate of drug-likeness (QED) is 0.439. The Bertz CT molecular complexity index is 102. The van der Waals surface area contributed by atoms with Gasteiger partial charge in [0.25, 0.3) is 0 Å². The molecular formula is C6H11NO2. The summed E-state index contributed by atoms with van der Waals surface area (Å²) in [6.45, 7) is 2.47. The molecule has 0 saturated carbocycles. The Hall–Kier alpha value is -0.120. The number of hydrogen-bond donors (Lipinski definition) is 2. The fourth-order valence-electron chi connectivity index (χ4n) is 1.52. The van der Waals surface area contributed by atoms with Gasteiger partial charge in [-0.3, -0.25) is 0 Å². The molecule has 2 saturated heterocycles. The fraction of sp³-hybridized carbons (Fsp3) is 1.00. The molecule has 3 atom stereocenters. The van der Waals surface area contributed by atoms with Crippen LogP contribution in [0.2, 0.25) is 0 Å². The van der Waals surface area contributed by atoms with Crippen LogP contribution in [-0.2, 0) is 4.74 Å². The third-order valence-electron chi connectivity index (χ3n) is 2.14. The van der Waals surface area contributed by atoms with E-state index in [-0.39, 0.29) is 12.2 Å². The van der Waals surface area contributed by atoms with Crippen LogP contribution in [0.1, 0.15) is 0 Å². The average Bonchev–Trinajstić information content (AvgIpc) is 2.19. The molecule has 0 aromatic carbocycles. The molecule has 2 aliphatic rings. The van der Waals surface area contributed by atoms with Crippen LogP contribution in [-0.4, -0.2) is 37.0 Å². The molecule has 3 nitrogen and oxygen atoms in total. The summed E-state index contributed by atoms with van der Waals surface area (Å²) in [5.74, 6) is 0.351. The lowest BCUT2D eigenvalue weighted by molar-refractivity contribution is 0.0298. The molecule has 0 amide bonds. The van der Waals surface area contributed by atoms with Crippen molar-refractivity contribution in [3.8, 4) is 0 Å². The molecule has 0 aliphatic carbocycles. The van der Waals surface area contributed by atoms with Crippen molar-refractivity contribution < 1.29 is 9.84 Å². The number of aliphatic hydroxyl groups excluding tert-OH is 1. The number of nitrogens with one attached hydrogen (secondary N) is 1. The van der Waals surface area contributed by atoms with Crippen molar-refractivity contribution in [2.45, 2.75) is 12.2 Å². The van der Waals surface area contributed by atoms with Gasteiger partial charge in [0.1, 0.15) is 0 Å². The summed E-state index contributed by atoms with van der Waals surface area (Å²) in [6.07, 6.45) is -0.130. The third-order valence-corrected chi connectivity index (χ3v) is 2.14. The predicted octanol–water partition coefficient (Wildman–Crippen LogP) is -1.03. The summed E-state index contributed by atoms with van der Waals surface area (Å²) < 4.78 is 5.28. The van der Waals surface area contributed by atoms with Gasteiger partial charge in [-0.2, -0.15) is 0 Å². The number of fused-ring (bicyclic) bond motifs is 2. The van der Waals surface area contributed by atoms with Gasteiger partial charge in [-0.15, -0.1) is 0 Å². The van der Waals surface area contributed by atoms with E-state index in [0.29, 0.717) is 5.92 Å². The van der Waals surface area contributed by atoms with Gasteiger partial charge in [0.15, 0.2) is 0 Å². The molecule has 0 aromatic heterocycles. The van der Waals surface area contributed by atoms with Gasteiger partial charge in [-0.1, -0.05) is 0 Å². The zero-order valence-electron chi connectivity index (χ0n) is 5.21. The van der Waals surface area contributed by atoms with Gasteiger partial charge in [0.05, 0.1) is 18.8 Å². The van der Waals surface area contributed by atoms with Gasteiger partial charge < -0.3 is 15.2 Å². The van der Waals surface area contributed by atoms with E-state index < -0.39 is 0 Å². The van der Waals surface area contributed by atoms with Crippen molar-refractivity contribution in [2.75, 3.05) is 19.7 Å². The molecule has 52 valence electrons. The van der Waals surface area contributed by atoms with Crippen LogP contribution >= 0.6 is 0 Å². The summed E-state index contributed by atoms with van der Waals surface area (Å²) >= 11 is 0. The second-order valence-electron chi connectivity index (χ2n) is 2.78. The zero-order chi connectivity index (χ0) is 6.27. The molecule has 2 N–H and O–H groups in total. The van der Waals surface area contributed by atoms with Crippen LogP contribution in [0.15, 0.2) is 0 Å². The maximum atomic E-state index is 9.34. The first-order valence-corrected chi connectivity index (χ1v) is 3.38. The van der Waals surface area contributed by atoms with Crippen molar-refractivity contribution in [1.82, 2.24) is 5.32 Å². The Morgan fingerprint density at radius 3 is 3.00 bits per heavy atom. The highest BCUT2D eigenvalue weighted by Gasteiger charge is 2.38. The van der Waals surface area contributed by atoms with Crippen molar-refractivity contribution in [2.24, 2.45) is 5.92 Å². The van der Waals surface area contributed by atoms with E-state index >= 15 is 0 Å². The second kappa shape index (κ2) is 1.94. The Morgan fingerprint density at radius 1 is 1.44 bits per heavy atom. The minimum atomic E-state index is -0.203. The predicted molar refractivity (Wildman–Crippen MR) is 32.1 cm³/mol. The van der Waals surface area contributed by atoms with Gasteiger partial charge in [0.2, 0.25) is 0 Å². The number of hydrogen-bond acceptors (Lipinski definition) is 3. The highest BCUT2D eigenvalue weighted by molar-refractivity contribution is 4.90. The van der Waals surface area contributed by atoms with Crippen LogP contribution < -0.4 is 5.32 Å². The summed E-state index contributed by atoms with van der Waals surface area (Å²) in [4.78, 5) is 0. The fourth-order valence-corrected chi connectivity index (χ4v) is 1.52. The highest BCUT2D eigenvalue weighted by atomic mass is 16.5. The zero-order valence-corrected chi connectivity index (χ0v) is 5.21. The second-order valence-corrected chi connectivity index (χ2v) is 2.78. The van der Waals surface area contributed by atoms with Crippen LogP contribution in [0, 0.1) is 5.92 Å². The summed E-state index contributed by atoms with van der Waals surface area (Å²) in [7, 11) is 0. The van der Waals surface area contributed by atoms with Crippen LogP contribution in [0.4, 0.5) is 0 Å². The monoisotopic (exact) mass is 129 g/mol. The number of rotatable bonds is 0. The minimum absolute atomic E-state index is 0.0729. The summed E-state index contributed by atoms with van der Waals surface area (Å²) in [5.41, 5.74) is 0. The Labute approximate surface area is 54.0 Å². The van der Waals surface area contributed by atoms with Crippen LogP contribution in [0.25, 0.3) is 0 Å². The standard InChI is InChI=1S/C6H11NO2/c8-6-4-1-7-2-5(6)9-3-4/h4-8H,1-3H2/t4-,5-,6+/m1/s1. The highest BCUT2D eigenvalue weighted by Crippen LogP contribution is 2.22. The third kappa shape index (κ3) is 0.764. The van der Waals surface area contributed by atoms with E-state index in [2.05, 4.69) is 5.32 Å². The molecule has 2 aliphatic heterocycles. The first-order chi connectivity index (χ1) is 4.38. The first-order valence-electron chi connectivity index (χ1n) is 3.38. The van der Waals surface area contributed by atoms with Gasteiger partial charge >= 0.3 is 0 Å². The molecule has 2 bridgehead atoms. The molecule has 0 radical (unpaired) electrons. The maximum absolute atomic E-state index is 9.34. The smallest absolute Gasteiger partial charge is 0.0962 e. The Balaban J connectivity index is 2.10. The van der Waals surface area contributed by atoms with Gasteiger partial charge in [0, 0.05) is 19.0 Å². The molecule has 2 heterocycles. The summed E-state index contributed by atoms with van der Waals surface area (Å²) in [6, 6.07) is 0. The summed E-state index contributed by atoms with van der Waals surface area (Å²) in [5, 5.41) is 12.5. The van der Waals surface area contributed by atoms with Gasteiger partial charge in [-0.05, 0) is 0 Å². The normalized spacial score (nSPS) is 49.7. The lowest BCUT2D eigenvalue weighted by Crippen LogP contribution is -2.45. The van der Waals surface area contributed by atoms with E-state index in [0.717, 1.165) is 19.7 Å². The van der Waals surface area contributed by atoms with Crippen molar-refractivity contribution >= 4 is 0 Å². The molecule has 2 rings (SSSR count). The lowest BCUT2D eigenvalue weighted by atomic mass is 9.98. The SMILES string of the molecule is O[C@H]1[C@@H]2CNC[C@H]1OC2. The molecule has 0 spiro atoms. The number of aliphatic hydroxyl groups is 1.